The van der Waals surface area contributed by atoms with Gasteiger partial charge in [-0.1, -0.05) is 48.0 Å². The van der Waals surface area contributed by atoms with Crippen LogP contribution in [0.5, 0.6) is 0 Å². The molecule has 1 atom stereocenters. The van der Waals surface area contributed by atoms with E-state index in [2.05, 4.69) is 66.3 Å². The highest BCUT2D eigenvalue weighted by Gasteiger charge is 2.05. The third kappa shape index (κ3) is 4.35. The Bertz CT molecular complexity index is 296. The van der Waals surface area contributed by atoms with E-state index in [0.717, 1.165) is 13.0 Å². The van der Waals surface area contributed by atoms with Crippen LogP contribution in [0.15, 0.2) is 28.7 Å². The Hall–Kier alpha value is -0.340. The molecule has 84 valence electrons. The molecule has 0 spiro atoms. The number of halogens is 1. The van der Waals surface area contributed by atoms with Gasteiger partial charge < -0.3 is 5.32 Å². The van der Waals surface area contributed by atoms with Crippen LogP contribution in [0.3, 0.4) is 0 Å². The lowest BCUT2D eigenvalue weighted by Gasteiger charge is -2.17. The van der Waals surface area contributed by atoms with Crippen molar-refractivity contribution in [2.24, 2.45) is 5.92 Å². The van der Waals surface area contributed by atoms with Crippen molar-refractivity contribution in [3.05, 3.63) is 34.3 Å². The number of rotatable bonds is 5. The summed E-state index contributed by atoms with van der Waals surface area (Å²) < 4.78 is 1.21. The maximum absolute atomic E-state index is 3.56. The molecule has 1 aromatic carbocycles. The fourth-order valence-corrected chi connectivity index (χ4v) is 1.85. The standard InChI is InChI=1S/C13H20BrN/c1-10(2)11(3)15-9-8-12-6-4-5-7-13(12)14/h4-7,10-11,15H,8-9H2,1-3H3. The lowest BCUT2D eigenvalue weighted by Crippen LogP contribution is -2.32. The molecule has 0 fully saturated rings. The van der Waals surface area contributed by atoms with Gasteiger partial charge in [0.15, 0.2) is 0 Å². The van der Waals surface area contributed by atoms with Gasteiger partial charge in [-0.15, -0.1) is 0 Å². The van der Waals surface area contributed by atoms with Crippen LogP contribution in [0, 0.1) is 5.92 Å². The predicted octanol–water partition coefficient (Wildman–Crippen LogP) is 3.63. The van der Waals surface area contributed by atoms with Gasteiger partial charge in [0.25, 0.3) is 0 Å². The normalized spacial score (nSPS) is 13.1. The van der Waals surface area contributed by atoms with E-state index in [1.165, 1.54) is 10.0 Å². The minimum atomic E-state index is 0.590. The number of hydrogen-bond acceptors (Lipinski definition) is 1. The van der Waals surface area contributed by atoms with Crippen molar-refractivity contribution in [3.63, 3.8) is 0 Å². The quantitative estimate of drug-likeness (QED) is 0.861. The topological polar surface area (TPSA) is 12.0 Å². The summed E-state index contributed by atoms with van der Waals surface area (Å²) in [6.07, 6.45) is 1.08. The Kier molecular flexibility index (Phi) is 5.34. The summed E-state index contributed by atoms with van der Waals surface area (Å²) in [7, 11) is 0. The minimum absolute atomic E-state index is 0.590. The monoisotopic (exact) mass is 269 g/mol. The molecule has 2 heteroatoms. The van der Waals surface area contributed by atoms with Crippen LogP contribution in [0.25, 0.3) is 0 Å². The van der Waals surface area contributed by atoms with E-state index in [9.17, 15) is 0 Å². The van der Waals surface area contributed by atoms with Gasteiger partial charge in [-0.3, -0.25) is 0 Å². The predicted molar refractivity (Wildman–Crippen MR) is 70.1 cm³/mol. The van der Waals surface area contributed by atoms with E-state index in [1.807, 2.05) is 0 Å². The van der Waals surface area contributed by atoms with Crippen molar-refractivity contribution in [2.75, 3.05) is 6.54 Å². The molecule has 0 aliphatic carbocycles. The molecule has 15 heavy (non-hydrogen) atoms. The molecule has 1 nitrogen and oxygen atoms in total. The average Bonchev–Trinajstić information content (AvgIpc) is 2.20. The van der Waals surface area contributed by atoms with Crippen LogP contribution >= 0.6 is 15.9 Å². The third-order valence-electron chi connectivity index (χ3n) is 2.82. The lowest BCUT2D eigenvalue weighted by molar-refractivity contribution is 0.430. The van der Waals surface area contributed by atoms with Gasteiger partial charge in [-0.2, -0.15) is 0 Å². The second kappa shape index (κ2) is 6.29. The molecule has 0 bridgehead atoms. The van der Waals surface area contributed by atoms with Crippen LogP contribution in [-0.2, 0) is 6.42 Å². The highest BCUT2D eigenvalue weighted by molar-refractivity contribution is 9.10. The Labute approximate surface area is 101 Å². The van der Waals surface area contributed by atoms with Crippen molar-refractivity contribution in [3.8, 4) is 0 Å². The van der Waals surface area contributed by atoms with Gasteiger partial charge in [0.05, 0.1) is 0 Å². The Morgan fingerprint density at radius 2 is 1.87 bits per heavy atom. The zero-order valence-corrected chi connectivity index (χ0v) is 11.3. The fraction of sp³-hybridized carbons (Fsp3) is 0.538. The largest absolute Gasteiger partial charge is 0.314 e. The molecular weight excluding hydrogens is 250 g/mol. The molecule has 0 amide bonds. The average molecular weight is 270 g/mol. The molecule has 1 N–H and O–H groups in total. The summed E-state index contributed by atoms with van der Waals surface area (Å²) in [6, 6.07) is 9.00. The van der Waals surface area contributed by atoms with Gasteiger partial charge in [-0.05, 0) is 37.4 Å². The molecule has 0 heterocycles. The van der Waals surface area contributed by atoms with E-state index < -0.39 is 0 Å². The fourth-order valence-electron chi connectivity index (χ4n) is 1.37. The highest BCUT2D eigenvalue weighted by atomic mass is 79.9. The van der Waals surface area contributed by atoms with Crippen molar-refractivity contribution < 1.29 is 0 Å². The van der Waals surface area contributed by atoms with Crippen molar-refractivity contribution >= 4 is 15.9 Å². The summed E-state index contributed by atoms with van der Waals surface area (Å²) in [6.45, 7) is 7.78. The molecule has 0 aliphatic heterocycles. The molecule has 1 rings (SSSR count). The van der Waals surface area contributed by atoms with Crippen molar-refractivity contribution in [1.29, 1.82) is 0 Å². The van der Waals surface area contributed by atoms with E-state index in [0.29, 0.717) is 12.0 Å². The van der Waals surface area contributed by atoms with E-state index in [-0.39, 0.29) is 0 Å². The van der Waals surface area contributed by atoms with Gasteiger partial charge in [0, 0.05) is 10.5 Å². The Morgan fingerprint density at radius 1 is 1.20 bits per heavy atom. The first-order valence-electron chi connectivity index (χ1n) is 5.58. The van der Waals surface area contributed by atoms with E-state index >= 15 is 0 Å². The van der Waals surface area contributed by atoms with Gasteiger partial charge in [0.2, 0.25) is 0 Å². The van der Waals surface area contributed by atoms with Gasteiger partial charge in [-0.25, -0.2) is 0 Å². The first-order valence-corrected chi connectivity index (χ1v) is 6.37. The SMILES string of the molecule is CC(C)C(C)NCCc1ccccc1Br. The second-order valence-electron chi connectivity index (χ2n) is 4.33. The molecule has 0 saturated carbocycles. The zero-order chi connectivity index (χ0) is 11.3. The van der Waals surface area contributed by atoms with Crippen LogP contribution in [0.4, 0.5) is 0 Å². The molecule has 0 saturated heterocycles. The first kappa shape index (κ1) is 12.7. The minimum Gasteiger partial charge on any atom is -0.314 e. The van der Waals surface area contributed by atoms with Crippen LogP contribution in [0.2, 0.25) is 0 Å². The molecule has 0 aromatic heterocycles. The molecule has 1 aromatic rings. The van der Waals surface area contributed by atoms with Crippen molar-refractivity contribution in [1.82, 2.24) is 5.32 Å². The van der Waals surface area contributed by atoms with Crippen molar-refractivity contribution in [2.45, 2.75) is 33.2 Å². The van der Waals surface area contributed by atoms with Crippen LogP contribution in [0.1, 0.15) is 26.3 Å². The summed E-state index contributed by atoms with van der Waals surface area (Å²) in [5.41, 5.74) is 1.38. The molecule has 0 radical (unpaired) electrons. The molecular formula is C13H20BrN. The summed E-state index contributed by atoms with van der Waals surface area (Å²) in [4.78, 5) is 0. The third-order valence-corrected chi connectivity index (χ3v) is 3.59. The van der Waals surface area contributed by atoms with Gasteiger partial charge in [0.1, 0.15) is 0 Å². The number of nitrogens with one attached hydrogen (secondary N) is 1. The number of benzene rings is 1. The highest BCUT2D eigenvalue weighted by Crippen LogP contribution is 2.15. The van der Waals surface area contributed by atoms with Gasteiger partial charge >= 0.3 is 0 Å². The van der Waals surface area contributed by atoms with E-state index in [1.54, 1.807) is 0 Å². The Morgan fingerprint density at radius 3 is 2.47 bits per heavy atom. The van der Waals surface area contributed by atoms with E-state index in [4.69, 9.17) is 0 Å². The molecule has 1 unspecified atom stereocenters. The number of hydrogen-bond donors (Lipinski definition) is 1. The first-order chi connectivity index (χ1) is 7.11. The zero-order valence-electron chi connectivity index (χ0n) is 9.76. The maximum Gasteiger partial charge on any atom is 0.0207 e. The smallest absolute Gasteiger partial charge is 0.0207 e. The summed E-state index contributed by atoms with van der Waals surface area (Å²) in [5.74, 6) is 0.698. The lowest BCUT2D eigenvalue weighted by atomic mass is 10.1. The Balaban J connectivity index is 2.35. The summed E-state index contributed by atoms with van der Waals surface area (Å²) in [5, 5.41) is 3.54. The van der Waals surface area contributed by atoms with Crippen LogP contribution < -0.4 is 5.32 Å². The maximum atomic E-state index is 3.56. The second-order valence-corrected chi connectivity index (χ2v) is 5.18. The van der Waals surface area contributed by atoms with Crippen LogP contribution in [-0.4, -0.2) is 12.6 Å². The molecule has 0 aliphatic rings. The summed E-state index contributed by atoms with van der Waals surface area (Å²) >= 11 is 3.56.